The van der Waals surface area contributed by atoms with Crippen molar-refractivity contribution >= 4 is 40.7 Å². The van der Waals surface area contributed by atoms with Crippen molar-refractivity contribution in [2.45, 2.75) is 32.6 Å². The van der Waals surface area contributed by atoms with E-state index in [0.717, 1.165) is 49.9 Å². The summed E-state index contributed by atoms with van der Waals surface area (Å²) in [5, 5.41) is 4.22. The number of hydrogen-bond donors (Lipinski definition) is 1. The van der Waals surface area contributed by atoms with E-state index in [1.54, 1.807) is 20.4 Å². The Labute approximate surface area is 194 Å². The van der Waals surface area contributed by atoms with Gasteiger partial charge >= 0.3 is 0 Å². The number of aromatic nitrogens is 2. The SMILES string of the molecule is COc1ccc(OC)c(Nc2c(C(=O)N3CCCCCC3)cnc3nc(C)ccc23)c1.Cl. The number of rotatable bonds is 5. The summed E-state index contributed by atoms with van der Waals surface area (Å²) in [5.74, 6) is 1.33. The highest BCUT2D eigenvalue weighted by molar-refractivity contribution is 6.07. The normalized spacial score (nSPS) is 13.8. The van der Waals surface area contributed by atoms with E-state index < -0.39 is 0 Å². The van der Waals surface area contributed by atoms with Gasteiger partial charge in [0.25, 0.3) is 5.91 Å². The lowest BCUT2D eigenvalue weighted by Crippen LogP contribution is -2.32. The van der Waals surface area contributed by atoms with E-state index in [1.807, 2.05) is 42.2 Å². The number of benzene rings is 1. The van der Waals surface area contributed by atoms with Crippen LogP contribution in [-0.4, -0.2) is 48.1 Å². The van der Waals surface area contributed by atoms with Crippen LogP contribution in [0.3, 0.4) is 0 Å². The number of fused-ring (bicyclic) bond motifs is 1. The van der Waals surface area contributed by atoms with Crippen LogP contribution in [0.1, 0.15) is 41.7 Å². The van der Waals surface area contributed by atoms with Crippen LogP contribution < -0.4 is 14.8 Å². The zero-order valence-corrected chi connectivity index (χ0v) is 19.5. The van der Waals surface area contributed by atoms with Crippen molar-refractivity contribution < 1.29 is 14.3 Å². The van der Waals surface area contributed by atoms with Gasteiger partial charge in [0.2, 0.25) is 0 Å². The second-order valence-electron chi connectivity index (χ2n) is 7.77. The Morgan fingerprint density at radius 2 is 1.78 bits per heavy atom. The summed E-state index contributed by atoms with van der Waals surface area (Å²) in [4.78, 5) is 24.5. The fourth-order valence-corrected chi connectivity index (χ4v) is 3.96. The molecule has 0 spiro atoms. The fraction of sp³-hybridized carbons (Fsp3) is 0.375. The molecule has 0 unspecified atom stereocenters. The number of carbonyl (C=O) groups is 1. The van der Waals surface area contributed by atoms with E-state index in [1.165, 1.54) is 0 Å². The molecule has 1 aliphatic rings. The molecule has 4 rings (SSSR count). The largest absolute Gasteiger partial charge is 0.497 e. The Morgan fingerprint density at radius 1 is 1.03 bits per heavy atom. The Bertz CT molecular complexity index is 1100. The van der Waals surface area contributed by atoms with E-state index in [0.29, 0.717) is 34.1 Å². The average Bonchev–Trinajstić information content (AvgIpc) is 3.08. The van der Waals surface area contributed by atoms with E-state index >= 15 is 0 Å². The molecule has 170 valence electrons. The number of halogens is 1. The monoisotopic (exact) mass is 456 g/mol. The van der Waals surface area contributed by atoms with Crippen LogP contribution in [-0.2, 0) is 0 Å². The summed E-state index contributed by atoms with van der Waals surface area (Å²) >= 11 is 0. The molecule has 8 heteroatoms. The summed E-state index contributed by atoms with van der Waals surface area (Å²) in [6.45, 7) is 3.46. The van der Waals surface area contributed by atoms with Crippen LogP contribution in [0.5, 0.6) is 11.5 Å². The van der Waals surface area contributed by atoms with Crippen molar-refractivity contribution in [3.05, 3.63) is 47.8 Å². The van der Waals surface area contributed by atoms with Gasteiger partial charge in [-0.2, -0.15) is 0 Å². The van der Waals surface area contributed by atoms with Crippen LogP contribution in [0.25, 0.3) is 11.0 Å². The highest BCUT2D eigenvalue weighted by atomic mass is 35.5. The summed E-state index contributed by atoms with van der Waals surface area (Å²) < 4.78 is 10.9. The maximum atomic E-state index is 13.5. The number of nitrogens with one attached hydrogen (secondary N) is 1. The van der Waals surface area contributed by atoms with E-state index in [-0.39, 0.29) is 18.3 Å². The number of hydrogen-bond acceptors (Lipinski definition) is 6. The minimum atomic E-state index is -0.0127. The molecule has 7 nitrogen and oxygen atoms in total. The second kappa shape index (κ2) is 10.5. The molecule has 0 saturated carbocycles. The van der Waals surface area contributed by atoms with Crippen LogP contribution in [0, 0.1) is 6.92 Å². The first-order chi connectivity index (χ1) is 15.1. The van der Waals surface area contributed by atoms with Gasteiger partial charge in [0.15, 0.2) is 5.65 Å². The van der Waals surface area contributed by atoms with Crippen molar-refractivity contribution in [2.24, 2.45) is 0 Å². The molecular formula is C24H29ClN4O3. The number of amides is 1. The van der Waals surface area contributed by atoms with Gasteiger partial charge in [0.05, 0.1) is 31.2 Å². The minimum Gasteiger partial charge on any atom is -0.497 e. The van der Waals surface area contributed by atoms with E-state index in [4.69, 9.17) is 9.47 Å². The molecule has 0 aliphatic carbocycles. The van der Waals surface area contributed by atoms with E-state index in [9.17, 15) is 4.79 Å². The van der Waals surface area contributed by atoms with E-state index in [2.05, 4.69) is 15.3 Å². The van der Waals surface area contributed by atoms with Gasteiger partial charge in [-0.3, -0.25) is 4.79 Å². The highest BCUT2D eigenvalue weighted by Crippen LogP contribution is 2.36. The van der Waals surface area contributed by atoms with Crippen LogP contribution in [0.4, 0.5) is 11.4 Å². The average molecular weight is 457 g/mol. The number of ether oxygens (including phenoxy) is 2. The topological polar surface area (TPSA) is 76.6 Å². The Hall–Kier alpha value is -3.06. The first-order valence-corrected chi connectivity index (χ1v) is 10.7. The summed E-state index contributed by atoms with van der Waals surface area (Å²) in [6.07, 6.45) is 6.01. The lowest BCUT2D eigenvalue weighted by molar-refractivity contribution is 0.0762. The first kappa shape index (κ1) is 23.6. The molecule has 32 heavy (non-hydrogen) atoms. The molecule has 3 heterocycles. The van der Waals surface area contributed by atoms with Gasteiger partial charge in [0.1, 0.15) is 11.5 Å². The molecule has 0 radical (unpaired) electrons. The van der Waals surface area contributed by atoms with Crippen molar-refractivity contribution in [1.29, 1.82) is 0 Å². The first-order valence-electron chi connectivity index (χ1n) is 10.7. The minimum absolute atomic E-state index is 0. The second-order valence-corrected chi connectivity index (χ2v) is 7.77. The maximum Gasteiger partial charge on any atom is 0.257 e. The molecule has 1 fully saturated rings. The van der Waals surface area contributed by atoms with Crippen molar-refractivity contribution in [2.75, 3.05) is 32.6 Å². The summed E-state index contributed by atoms with van der Waals surface area (Å²) in [7, 11) is 3.24. The lowest BCUT2D eigenvalue weighted by Gasteiger charge is -2.23. The lowest BCUT2D eigenvalue weighted by atomic mass is 10.1. The molecule has 1 amide bonds. The van der Waals surface area contributed by atoms with Gasteiger partial charge < -0.3 is 19.7 Å². The number of aryl methyl sites for hydroxylation is 1. The number of pyridine rings is 2. The number of carbonyl (C=O) groups excluding carboxylic acids is 1. The molecule has 1 N–H and O–H groups in total. The third kappa shape index (κ3) is 4.88. The highest BCUT2D eigenvalue weighted by Gasteiger charge is 2.23. The van der Waals surface area contributed by atoms with Crippen LogP contribution >= 0.6 is 12.4 Å². The third-order valence-electron chi connectivity index (χ3n) is 5.66. The predicted octanol–water partition coefficient (Wildman–Crippen LogP) is 5.14. The molecule has 1 aliphatic heterocycles. The quantitative estimate of drug-likeness (QED) is 0.573. The molecular weight excluding hydrogens is 428 g/mol. The third-order valence-corrected chi connectivity index (χ3v) is 5.66. The van der Waals surface area contributed by atoms with Gasteiger partial charge in [-0.15, -0.1) is 12.4 Å². The van der Waals surface area contributed by atoms with Crippen LogP contribution in [0.2, 0.25) is 0 Å². The predicted molar refractivity (Wildman–Crippen MR) is 129 cm³/mol. The molecule has 1 saturated heterocycles. The van der Waals surface area contributed by atoms with Crippen molar-refractivity contribution in [1.82, 2.24) is 14.9 Å². The van der Waals surface area contributed by atoms with Gasteiger partial charge in [-0.25, -0.2) is 9.97 Å². The Morgan fingerprint density at radius 3 is 2.47 bits per heavy atom. The van der Waals surface area contributed by atoms with Gasteiger partial charge in [0, 0.05) is 36.4 Å². The maximum absolute atomic E-state index is 13.5. The molecule has 1 aromatic carbocycles. The van der Waals surface area contributed by atoms with Crippen LogP contribution in [0.15, 0.2) is 36.5 Å². The fourth-order valence-electron chi connectivity index (χ4n) is 3.96. The van der Waals surface area contributed by atoms with Crippen molar-refractivity contribution in [3.63, 3.8) is 0 Å². The zero-order chi connectivity index (χ0) is 21.8. The summed E-state index contributed by atoms with van der Waals surface area (Å²) in [6, 6.07) is 9.41. The number of nitrogens with zero attached hydrogens (tertiary/aromatic N) is 3. The zero-order valence-electron chi connectivity index (χ0n) is 18.7. The molecule has 0 atom stereocenters. The number of methoxy groups -OCH3 is 2. The van der Waals surface area contributed by atoms with Gasteiger partial charge in [-0.05, 0) is 44.0 Å². The number of likely N-dealkylation sites (tertiary alicyclic amines) is 1. The number of anilines is 2. The Kier molecular flexibility index (Phi) is 7.75. The van der Waals surface area contributed by atoms with Crippen molar-refractivity contribution in [3.8, 4) is 11.5 Å². The van der Waals surface area contributed by atoms with Gasteiger partial charge in [-0.1, -0.05) is 12.8 Å². The molecule has 0 bridgehead atoms. The molecule has 3 aromatic rings. The summed E-state index contributed by atoms with van der Waals surface area (Å²) in [5.41, 5.74) is 3.39. The Balaban J connectivity index is 0.00000289. The smallest absolute Gasteiger partial charge is 0.257 e. The molecule has 2 aromatic heterocycles. The standard InChI is InChI=1S/C24H28N4O3.ClH/c1-16-8-10-18-22(27-20-14-17(30-2)9-11-21(20)31-3)19(15-25-23(18)26-16)24(29)28-12-6-4-5-7-13-28;/h8-11,14-15H,4-7,12-13H2,1-3H3,(H,25,26,27);1H.